The third kappa shape index (κ3) is 6.57. The number of nitrogens with one attached hydrogen (secondary N) is 2. The molecule has 1 aliphatic heterocycles. The average molecular weight is 683 g/mol. The highest BCUT2D eigenvalue weighted by Crippen LogP contribution is 2.43. The van der Waals surface area contributed by atoms with E-state index in [-0.39, 0.29) is 24.8 Å². The minimum absolute atomic E-state index is 0.00191. The standard InChI is InChI=1S/C39H35FN8O3/c1-23-15-29(18-30-37(23)45-46-38(30)26-7-8-26)42-39(50)27-9-10-34-33(17-27)43-35(48(34)22-49)20-47-13-11-25(12-14-47)32-3-2-4-36(44-32)51-21-28-6-5-24(19-41)16-31(28)40/h2-6,9-11,15-18,26,49H,7-8,12-14,20-22H2,1H3,(H,42,50)(H,45,46). The van der Waals surface area contributed by atoms with E-state index in [1.54, 1.807) is 34.9 Å². The Labute approximate surface area is 293 Å². The third-order valence-electron chi connectivity index (χ3n) is 9.62. The van der Waals surface area contributed by atoms with Crippen LogP contribution in [0.5, 0.6) is 5.88 Å². The maximum atomic E-state index is 14.3. The molecular weight excluding hydrogens is 647 g/mol. The number of carbonyl (C=O) groups is 1. The predicted molar refractivity (Wildman–Crippen MR) is 190 cm³/mol. The number of nitriles is 1. The molecular formula is C39H35FN8O3. The smallest absolute Gasteiger partial charge is 0.255 e. The molecule has 4 heterocycles. The van der Waals surface area contributed by atoms with Gasteiger partial charge in [-0.05, 0) is 85.9 Å². The van der Waals surface area contributed by atoms with Gasteiger partial charge in [-0.2, -0.15) is 10.4 Å². The molecule has 2 aliphatic rings. The fraction of sp³-hybridized carbons (Fsp3) is 0.256. The van der Waals surface area contributed by atoms with E-state index in [9.17, 15) is 14.3 Å². The number of rotatable bonds is 10. The lowest BCUT2D eigenvalue weighted by Crippen LogP contribution is -2.29. The third-order valence-corrected chi connectivity index (χ3v) is 9.62. The molecule has 6 aromatic rings. The molecule has 3 aromatic carbocycles. The van der Waals surface area contributed by atoms with Crippen molar-refractivity contribution in [3.05, 3.63) is 118 Å². The first-order valence-electron chi connectivity index (χ1n) is 17.0. The fourth-order valence-corrected chi connectivity index (χ4v) is 6.71. The Morgan fingerprint density at radius 1 is 1.14 bits per heavy atom. The zero-order valence-electron chi connectivity index (χ0n) is 28.0. The number of hydrogen-bond acceptors (Lipinski definition) is 8. The number of amides is 1. The van der Waals surface area contributed by atoms with Crippen LogP contribution in [0.25, 0.3) is 27.5 Å². The quantitative estimate of drug-likeness (QED) is 0.147. The van der Waals surface area contributed by atoms with E-state index in [1.165, 1.54) is 6.07 Å². The number of aliphatic hydroxyl groups is 1. The van der Waals surface area contributed by atoms with Crippen molar-refractivity contribution in [1.29, 1.82) is 5.26 Å². The Kier molecular flexibility index (Phi) is 8.51. The van der Waals surface area contributed by atoms with Gasteiger partial charge in [-0.1, -0.05) is 18.2 Å². The summed E-state index contributed by atoms with van der Waals surface area (Å²) in [5, 5.41) is 31.1. The van der Waals surface area contributed by atoms with Crippen molar-refractivity contribution in [2.75, 3.05) is 18.4 Å². The van der Waals surface area contributed by atoms with Gasteiger partial charge in [0.05, 0.1) is 40.4 Å². The SMILES string of the molecule is Cc1cc(NC(=O)c2ccc3c(c2)nc(CN2CC=C(c4cccc(OCc5ccc(C#N)cc5F)n4)CC2)n3CO)cc2c(C3CC3)[nH]nc12. The molecule has 256 valence electrons. The van der Waals surface area contributed by atoms with Gasteiger partial charge in [0.25, 0.3) is 5.91 Å². The van der Waals surface area contributed by atoms with Gasteiger partial charge in [-0.15, -0.1) is 0 Å². The van der Waals surface area contributed by atoms with Crippen LogP contribution in [0.15, 0.2) is 72.8 Å². The molecule has 1 saturated carbocycles. The number of aromatic amines is 1. The van der Waals surface area contributed by atoms with Gasteiger partial charge >= 0.3 is 0 Å². The molecule has 3 aromatic heterocycles. The summed E-state index contributed by atoms with van der Waals surface area (Å²) in [6.45, 7) is 3.69. The Morgan fingerprint density at radius 2 is 2.02 bits per heavy atom. The van der Waals surface area contributed by atoms with Crippen molar-refractivity contribution in [3.8, 4) is 11.9 Å². The van der Waals surface area contributed by atoms with E-state index in [0.717, 1.165) is 70.4 Å². The topological polar surface area (TPSA) is 145 Å². The summed E-state index contributed by atoms with van der Waals surface area (Å²) in [7, 11) is 0. The molecule has 1 aliphatic carbocycles. The minimum atomic E-state index is -0.488. The number of benzene rings is 3. The molecule has 1 fully saturated rings. The number of carbonyl (C=O) groups excluding carboxylic acids is 1. The lowest BCUT2D eigenvalue weighted by atomic mass is 10.0. The first-order chi connectivity index (χ1) is 24.9. The van der Waals surface area contributed by atoms with E-state index in [1.807, 2.05) is 43.3 Å². The van der Waals surface area contributed by atoms with Gasteiger partial charge < -0.3 is 19.7 Å². The van der Waals surface area contributed by atoms with Crippen LogP contribution in [-0.4, -0.2) is 53.7 Å². The number of pyridine rings is 1. The fourth-order valence-electron chi connectivity index (χ4n) is 6.71. The molecule has 0 saturated heterocycles. The van der Waals surface area contributed by atoms with Crippen LogP contribution in [0.1, 0.15) is 69.4 Å². The second-order valence-electron chi connectivity index (χ2n) is 13.1. The molecule has 3 N–H and O–H groups in total. The summed E-state index contributed by atoms with van der Waals surface area (Å²) in [5.41, 5.74) is 8.16. The molecule has 1 amide bonds. The Morgan fingerprint density at radius 3 is 2.78 bits per heavy atom. The van der Waals surface area contributed by atoms with Gasteiger partial charge in [0, 0.05) is 53.0 Å². The van der Waals surface area contributed by atoms with Crippen molar-refractivity contribution in [1.82, 2.24) is 29.6 Å². The highest BCUT2D eigenvalue weighted by Gasteiger charge is 2.28. The van der Waals surface area contributed by atoms with E-state index >= 15 is 0 Å². The monoisotopic (exact) mass is 682 g/mol. The van der Waals surface area contributed by atoms with Crippen molar-refractivity contribution in [2.24, 2.45) is 0 Å². The summed E-state index contributed by atoms with van der Waals surface area (Å²) in [5.74, 6) is 0.890. The molecule has 12 heteroatoms. The maximum absolute atomic E-state index is 14.3. The van der Waals surface area contributed by atoms with Crippen LogP contribution >= 0.6 is 0 Å². The molecule has 0 spiro atoms. The number of H-pyrrole nitrogens is 1. The number of anilines is 1. The number of aromatic nitrogens is 5. The largest absolute Gasteiger partial charge is 0.473 e. The average Bonchev–Trinajstić information content (AvgIpc) is 3.80. The summed E-state index contributed by atoms with van der Waals surface area (Å²) < 4.78 is 21.9. The first-order valence-corrected chi connectivity index (χ1v) is 17.0. The lowest BCUT2D eigenvalue weighted by Gasteiger charge is -2.26. The van der Waals surface area contributed by atoms with Gasteiger partial charge in [0.15, 0.2) is 0 Å². The van der Waals surface area contributed by atoms with Crippen molar-refractivity contribution in [2.45, 2.75) is 52.0 Å². The van der Waals surface area contributed by atoms with Crippen LogP contribution in [0.3, 0.4) is 0 Å². The molecule has 51 heavy (non-hydrogen) atoms. The van der Waals surface area contributed by atoms with Gasteiger partial charge in [0.2, 0.25) is 5.88 Å². The van der Waals surface area contributed by atoms with E-state index < -0.39 is 5.82 Å². The van der Waals surface area contributed by atoms with Gasteiger partial charge in [-0.3, -0.25) is 14.8 Å². The van der Waals surface area contributed by atoms with E-state index in [0.29, 0.717) is 47.4 Å². The van der Waals surface area contributed by atoms with Crippen molar-refractivity contribution >= 4 is 39.1 Å². The number of aliphatic hydroxyl groups excluding tert-OH is 1. The van der Waals surface area contributed by atoms with Crippen LogP contribution in [0, 0.1) is 24.1 Å². The molecule has 0 unspecified atom stereocenters. The number of hydrogen-bond donors (Lipinski definition) is 3. The molecule has 0 radical (unpaired) electrons. The number of halogens is 1. The second-order valence-corrected chi connectivity index (χ2v) is 13.1. The van der Waals surface area contributed by atoms with Crippen molar-refractivity contribution in [3.63, 3.8) is 0 Å². The van der Waals surface area contributed by atoms with Crippen LogP contribution in [-0.2, 0) is 19.9 Å². The summed E-state index contributed by atoms with van der Waals surface area (Å²) >= 11 is 0. The number of fused-ring (bicyclic) bond motifs is 2. The Hall–Kier alpha value is -5.90. The molecule has 8 rings (SSSR count). The Balaban J connectivity index is 0.932. The van der Waals surface area contributed by atoms with E-state index in [2.05, 4.69) is 31.5 Å². The minimum Gasteiger partial charge on any atom is -0.473 e. The molecule has 0 atom stereocenters. The molecule has 0 bridgehead atoms. The van der Waals surface area contributed by atoms with E-state index in [4.69, 9.17) is 15.0 Å². The summed E-state index contributed by atoms with van der Waals surface area (Å²) in [4.78, 5) is 25.1. The second kappa shape index (κ2) is 13.4. The van der Waals surface area contributed by atoms with Crippen LogP contribution in [0.4, 0.5) is 10.1 Å². The zero-order valence-corrected chi connectivity index (χ0v) is 28.0. The van der Waals surface area contributed by atoms with Gasteiger partial charge in [-0.25, -0.2) is 14.4 Å². The van der Waals surface area contributed by atoms with Gasteiger partial charge in [0.1, 0.15) is 25.0 Å². The van der Waals surface area contributed by atoms with Crippen LogP contribution < -0.4 is 10.1 Å². The predicted octanol–water partition coefficient (Wildman–Crippen LogP) is 6.57. The summed E-state index contributed by atoms with van der Waals surface area (Å²) in [6.07, 6.45) is 5.18. The van der Waals surface area contributed by atoms with Crippen LogP contribution in [0.2, 0.25) is 0 Å². The molecule has 11 nitrogen and oxygen atoms in total. The Bertz CT molecular complexity index is 2390. The van der Waals surface area contributed by atoms with Crippen molar-refractivity contribution < 1.29 is 19.0 Å². The highest BCUT2D eigenvalue weighted by atomic mass is 19.1. The number of ether oxygens (including phenoxy) is 1. The summed E-state index contributed by atoms with van der Waals surface area (Å²) in [6, 6.07) is 21.1. The first kappa shape index (κ1) is 32.3. The number of imidazole rings is 1. The zero-order chi connectivity index (χ0) is 35.1. The normalized spacial score (nSPS) is 14.8. The maximum Gasteiger partial charge on any atom is 0.255 e. The highest BCUT2D eigenvalue weighted by molar-refractivity contribution is 6.07. The number of nitrogens with zero attached hydrogens (tertiary/aromatic N) is 6. The number of aryl methyl sites for hydroxylation is 1. The lowest BCUT2D eigenvalue weighted by molar-refractivity contribution is 0.102.